The molecule has 164 valence electrons. The first-order chi connectivity index (χ1) is 14.4. The van der Waals surface area contributed by atoms with Crippen LogP contribution in [0.2, 0.25) is 5.02 Å². The first kappa shape index (κ1) is 23.1. The summed E-state index contributed by atoms with van der Waals surface area (Å²) in [5.74, 6) is -0.134. The smallest absolute Gasteiger partial charge is 0.321 e. The molecule has 1 aliphatic heterocycles. The molecular formula is C22H28ClNO5S. The SMILES string of the molecule is C=C1CC1CC(NSC(=O)C1(C(CCCCC)Oc2ccc(Cl)cc2)CO1)C(=O)O. The number of ether oxygens (including phenoxy) is 2. The van der Waals surface area contributed by atoms with Gasteiger partial charge in [-0.1, -0.05) is 43.5 Å². The fourth-order valence-electron chi connectivity index (χ4n) is 3.36. The number of carboxylic acid groups (broad SMARTS) is 1. The summed E-state index contributed by atoms with van der Waals surface area (Å²) < 4.78 is 14.6. The van der Waals surface area contributed by atoms with E-state index < -0.39 is 23.7 Å². The predicted octanol–water partition coefficient (Wildman–Crippen LogP) is 4.62. The van der Waals surface area contributed by atoms with Gasteiger partial charge in [0.1, 0.15) is 17.9 Å². The Bertz CT molecular complexity index is 780. The van der Waals surface area contributed by atoms with Gasteiger partial charge in [0, 0.05) is 5.02 Å². The number of rotatable bonds is 13. The third kappa shape index (κ3) is 6.00. The van der Waals surface area contributed by atoms with Crippen LogP contribution in [0.5, 0.6) is 5.75 Å². The number of carboxylic acids is 1. The van der Waals surface area contributed by atoms with Crippen LogP contribution in [0.4, 0.5) is 0 Å². The molecule has 4 unspecified atom stereocenters. The number of hydrogen-bond donors (Lipinski definition) is 2. The van der Waals surface area contributed by atoms with Crippen LogP contribution in [-0.4, -0.2) is 40.5 Å². The van der Waals surface area contributed by atoms with E-state index in [-0.39, 0.29) is 17.6 Å². The maximum atomic E-state index is 13.0. The summed E-state index contributed by atoms with van der Waals surface area (Å²) in [5, 5.41) is 9.81. The molecule has 1 aliphatic carbocycles. The fraction of sp³-hybridized carbons (Fsp3) is 0.545. The Morgan fingerprint density at radius 1 is 1.40 bits per heavy atom. The number of aliphatic carboxylic acids is 1. The van der Waals surface area contributed by atoms with E-state index >= 15 is 0 Å². The number of carbonyl (C=O) groups excluding carboxylic acids is 1. The second-order valence-corrected chi connectivity index (χ2v) is 9.17. The van der Waals surface area contributed by atoms with Gasteiger partial charge in [0.25, 0.3) is 0 Å². The summed E-state index contributed by atoms with van der Waals surface area (Å²) in [6.45, 7) is 6.25. The Kier molecular flexibility index (Phi) is 7.85. The minimum atomic E-state index is -1.06. The van der Waals surface area contributed by atoms with Gasteiger partial charge in [-0.25, -0.2) is 4.72 Å². The molecule has 2 N–H and O–H groups in total. The first-order valence-corrected chi connectivity index (χ1v) is 11.5. The van der Waals surface area contributed by atoms with Crippen LogP contribution in [0, 0.1) is 5.92 Å². The summed E-state index contributed by atoms with van der Waals surface area (Å²) in [6, 6.07) is 6.20. The van der Waals surface area contributed by atoms with E-state index in [0.29, 0.717) is 23.6 Å². The highest BCUT2D eigenvalue weighted by molar-refractivity contribution is 8.12. The molecule has 1 saturated carbocycles. The lowest BCUT2D eigenvalue weighted by Gasteiger charge is -2.25. The number of nitrogens with one attached hydrogen (secondary N) is 1. The second-order valence-electron chi connectivity index (χ2n) is 7.93. The van der Waals surface area contributed by atoms with E-state index in [2.05, 4.69) is 18.2 Å². The van der Waals surface area contributed by atoms with Gasteiger partial charge in [0.15, 0.2) is 5.60 Å². The van der Waals surface area contributed by atoms with E-state index in [4.69, 9.17) is 21.1 Å². The molecule has 1 aromatic carbocycles. The van der Waals surface area contributed by atoms with Crippen LogP contribution < -0.4 is 9.46 Å². The molecule has 2 fully saturated rings. The molecule has 4 atom stereocenters. The van der Waals surface area contributed by atoms with E-state index in [0.717, 1.165) is 43.2 Å². The molecule has 1 heterocycles. The average molecular weight is 454 g/mol. The zero-order valence-electron chi connectivity index (χ0n) is 17.1. The maximum Gasteiger partial charge on any atom is 0.321 e. The Morgan fingerprint density at radius 2 is 2.07 bits per heavy atom. The van der Waals surface area contributed by atoms with Crippen LogP contribution in [0.25, 0.3) is 0 Å². The van der Waals surface area contributed by atoms with Crippen LogP contribution in [0.3, 0.4) is 0 Å². The Labute approximate surface area is 186 Å². The number of unbranched alkanes of at least 4 members (excludes halogenated alkanes) is 2. The van der Waals surface area contributed by atoms with E-state index in [1.165, 1.54) is 0 Å². The van der Waals surface area contributed by atoms with Crippen molar-refractivity contribution in [1.82, 2.24) is 4.72 Å². The highest BCUT2D eigenvalue weighted by Crippen LogP contribution is 2.42. The van der Waals surface area contributed by atoms with E-state index in [1.807, 2.05) is 0 Å². The monoisotopic (exact) mass is 453 g/mol. The van der Waals surface area contributed by atoms with Gasteiger partial charge >= 0.3 is 5.97 Å². The quantitative estimate of drug-likeness (QED) is 0.195. The van der Waals surface area contributed by atoms with Gasteiger partial charge < -0.3 is 14.6 Å². The largest absolute Gasteiger partial charge is 0.487 e. The number of hydrogen-bond acceptors (Lipinski definition) is 6. The molecule has 1 saturated heterocycles. The number of carbonyl (C=O) groups is 2. The van der Waals surface area contributed by atoms with Crippen LogP contribution >= 0.6 is 23.5 Å². The Morgan fingerprint density at radius 3 is 2.60 bits per heavy atom. The second kappa shape index (κ2) is 10.2. The molecule has 6 nitrogen and oxygen atoms in total. The molecule has 3 rings (SSSR count). The Balaban J connectivity index is 1.63. The van der Waals surface area contributed by atoms with Gasteiger partial charge in [0.05, 0.1) is 6.61 Å². The van der Waals surface area contributed by atoms with Crippen molar-refractivity contribution in [2.24, 2.45) is 5.92 Å². The number of allylic oxidation sites excluding steroid dienone is 1. The standard InChI is InChI=1S/C22H28ClNO5S/c1-3-4-5-6-19(29-17-9-7-16(23)8-10-17)22(13-28-22)21(27)30-24-18(20(25)26)12-15-11-14(15)2/h7-10,15,18-19,24H,2-6,11-13H2,1H3,(H,25,26). The maximum absolute atomic E-state index is 13.0. The van der Waals surface area contributed by atoms with Gasteiger partial charge in [0.2, 0.25) is 5.12 Å². The molecule has 8 heteroatoms. The van der Waals surface area contributed by atoms with Crippen molar-refractivity contribution < 1.29 is 24.2 Å². The van der Waals surface area contributed by atoms with Crippen molar-refractivity contribution >= 4 is 34.6 Å². The fourth-order valence-corrected chi connectivity index (χ4v) is 4.35. The van der Waals surface area contributed by atoms with Crippen molar-refractivity contribution in [3.05, 3.63) is 41.4 Å². The van der Waals surface area contributed by atoms with Crippen molar-refractivity contribution in [2.45, 2.75) is 63.2 Å². The molecule has 1 aromatic rings. The predicted molar refractivity (Wildman–Crippen MR) is 118 cm³/mol. The highest BCUT2D eigenvalue weighted by Gasteiger charge is 2.59. The van der Waals surface area contributed by atoms with Crippen molar-refractivity contribution in [3.63, 3.8) is 0 Å². The molecule has 2 aliphatic rings. The number of benzene rings is 1. The molecule has 0 spiro atoms. The summed E-state index contributed by atoms with van der Waals surface area (Å²) >= 11 is 6.76. The van der Waals surface area contributed by atoms with Gasteiger partial charge in [-0.3, -0.25) is 9.59 Å². The third-order valence-corrected chi connectivity index (χ3v) is 6.71. The zero-order chi connectivity index (χ0) is 21.7. The van der Waals surface area contributed by atoms with Gasteiger partial charge in [-0.2, -0.15) is 0 Å². The summed E-state index contributed by atoms with van der Waals surface area (Å²) in [6.07, 6.45) is 4.51. The third-order valence-electron chi connectivity index (χ3n) is 5.52. The van der Waals surface area contributed by atoms with Crippen LogP contribution in [-0.2, 0) is 14.3 Å². The zero-order valence-corrected chi connectivity index (χ0v) is 18.6. The van der Waals surface area contributed by atoms with E-state index in [1.54, 1.807) is 24.3 Å². The molecular weight excluding hydrogens is 426 g/mol. The summed E-state index contributed by atoms with van der Waals surface area (Å²) in [4.78, 5) is 24.5. The first-order valence-electron chi connectivity index (χ1n) is 10.3. The van der Waals surface area contributed by atoms with Gasteiger partial charge in [-0.05, 0) is 67.8 Å². The van der Waals surface area contributed by atoms with Crippen LogP contribution in [0.1, 0.15) is 45.4 Å². The summed E-state index contributed by atoms with van der Waals surface area (Å²) in [7, 11) is 0. The topological polar surface area (TPSA) is 88.2 Å². The lowest BCUT2D eigenvalue weighted by atomic mass is 9.98. The minimum Gasteiger partial charge on any atom is -0.487 e. The van der Waals surface area contributed by atoms with E-state index in [9.17, 15) is 14.7 Å². The van der Waals surface area contributed by atoms with Crippen molar-refractivity contribution in [1.29, 1.82) is 0 Å². The number of halogens is 1. The average Bonchev–Trinajstić information content (AvgIpc) is 3.63. The lowest BCUT2D eigenvalue weighted by molar-refractivity contribution is -0.139. The highest BCUT2D eigenvalue weighted by atomic mass is 35.5. The van der Waals surface area contributed by atoms with Crippen LogP contribution in [0.15, 0.2) is 36.4 Å². The van der Waals surface area contributed by atoms with Crippen molar-refractivity contribution in [3.8, 4) is 5.75 Å². The van der Waals surface area contributed by atoms with Crippen molar-refractivity contribution in [2.75, 3.05) is 6.61 Å². The summed E-state index contributed by atoms with van der Waals surface area (Å²) in [5.41, 5.74) is 0.00538. The van der Waals surface area contributed by atoms with Gasteiger partial charge in [-0.15, -0.1) is 0 Å². The molecule has 0 aromatic heterocycles. The Hall–Kier alpha value is -1.54. The molecule has 0 amide bonds. The lowest BCUT2D eigenvalue weighted by Crippen LogP contribution is -2.43. The molecule has 30 heavy (non-hydrogen) atoms. The normalized spacial score (nSPS) is 24.2. The number of epoxide rings is 1. The molecule has 0 radical (unpaired) electrons. The molecule has 0 bridgehead atoms. The minimum absolute atomic E-state index is 0.218.